The maximum Gasteiger partial charge on any atom is 0.301 e. The Kier molecular flexibility index (Phi) is 13.9. The van der Waals surface area contributed by atoms with Gasteiger partial charge in [-0.2, -0.15) is 55.1 Å². The van der Waals surface area contributed by atoms with Crippen molar-refractivity contribution >= 4 is 106 Å². The molecule has 2 heterocycles. The SMILES string of the molecule is CC1(C)C(/C=C/C=C/C=C2/N(CCCS(=O)(=O)O)c3ccc4c(S(=O)(=O)O)cc(S(=O)(=O)O)cc4c3C2(C)CS(=O)(=O)O)=[N+](CCCS(=O)(=O)O)c2c(S(=O)(=O)O)cc3cc(OC=O)ccc3c21. The number of carbonyl (C=O) groups is 1. The van der Waals surface area contributed by atoms with Gasteiger partial charge in [-0.3, -0.25) is 32.1 Å². The molecule has 0 spiro atoms. The lowest BCUT2D eigenvalue weighted by Crippen LogP contribution is -2.35. The molecule has 0 radical (unpaired) electrons. The van der Waals surface area contributed by atoms with E-state index in [0.29, 0.717) is 22.7 Å². The van der Waals surface area contributed by atoms with E-state index >= 15 is 0 Å². The molecule has 2 aliphatic rings. The second-order valence-electron chi connectivity index (χ2n) is 16.5. The minimum absolute atomic E-state index is 0.0152. The van der Waals surface area contributed by atoms with Crippen molar-refractivity contribution in [3.05, 3.63) is 95.7 Å². The highest BCUT2D eigenvalue weighted by Crippen LogP contribution is 2.53. The molecule has 1 unspecified atom stereocenters. The van der Waals surface area contributed by atoms with Crippen LogP contribution < -0.4 is 9.64 Å². The Morgan fingerprint density at radius 2 is 1.26 bits per heavy atom. The van der Waals surface area contributed by atoms with Crippen molar-refractivity contribution in [1.82, 2.24) is 0 Å². The first-order valence-corrected chi connectivity index (χ1v) is 28.8. The number of carbonyl (C=O) groups excluding carboxylic acids is 1. The summed E-state index contributed by atoms with van der Waals surface area (Å²) in [7, 11) is -29.5. The maximum atomic E-state index is 13.0. The highest BCUT2D eigenvalue weighted by atomic mass is 32.2. The Morgan fingerprint density at radius 1 is 0.647 bits per heavy atom. The molecule has 28 heteroatoms. The third kappa shape index (κ3) is 10.9. The number of rotatable bonds is 18. The molecule has 4 aromatic carbocycles. The molecule has 368 valence electrons. The van der Waals surface area contributed by atoms with Crippen LogP contribution in [0.2, 0.25) is 0 Å². The number of benzene rings is 4. The van der Waals surface area contributed by atoms with Gasteiger partial charge in [0.15, 0.2) is 10.6 Å². The van der Waals surface area contributed by atoms with Crippen molar-refractivity contribution in [1.29, 1.82) is 0 Å². The first-order valence-electron chi connectivity index (χ1n) is 19.7. The normalized spacial score (nSPS) is 18.7. The van der Waals surface area contributed by atoms with Gasteiger partial charge in [-0.15, -0.1) is 0 Å². The second-order valence-corrected chi connectivity index (χ2v) is 25.3. The van der Waals surface area contributed by atoms with E-state index < -0.39 is 103 Å². The number of fused-ring (bicyclic) bond motifs is 6. The predicted molar refractivity (Wildman–Crippen MR) is 246 cm³/mol. The van der Waals surface area contributed by atoms with E-state index in [1.807, 2.05) is 0 Å². The summed E-state index contributed by atoms with van der Waals surface area (Å²) in [5.74, 6) is -2.65. The molecule has 0 aliphatic carbocycles. The fourth-order valence-electron chi connectivity index (χ4n) is 8.97. The molecule has 4 aromatic rings. The maximum absolute atomic E-state index is 13.0. The van der Waals surface area contributed by atoms with Crippen LogP contribution in [0.25, 0.3) is 21.5 Å². The lowest BCUT2D eigenvalue weighted by Gasteiger charge is -2.29. The summed E-state index contributed by atoms with van der Waals surface area (Å²) in [6.07, 6.45) is 6.49. The number of anilines is 1. The third-order valence-corrected chi connectivity index (χ3v) is 16.6. The number of hydrogen-bond acceptors (Lipinski definition) is 15. The zero-order valence-corrected chi connectivity index (χ0v) is 40.7. The van der Waals surface area contributed by atoms with Gasteiger partial charge in [0.1, 0.15) is 17.2 Å². The molecule has 22 nitrogen and oxygen atoms in total. The third-order valence-electron chi connectivity index (χ3n) is 11.4. The standard InChI is InChI=1S/C40H42N2O20S6/c1-39(2)34(42(16-8-18-64(47,48)49)38-33(68(59,60)61)20-25-19-26(62-24-43)11-12-28(25)37(38)39)9-5-4-6-10-35-40(3,23-65(50,51)52)36-30-21-27(66(53,54)55)22-32(67(56,57)58)29(30)13-14-31(36)41(35)15-7-17-63(44,45)46/h4-6,9-14,19-22,24H,7-8,15-18,23H2,1-3H3,(H5-,44,45,46,47,48,49,50,51,52,53,54,55,56,57,58,59,60,61)/p+1. The molecule has 0 saturated carbocycles. The lowest BCUT2D eigenvalue weighted by molar-refractivity contribution is -0.440. The van der Waals surface area contributed by atoms with Crippen molar-refractivity contribution < 1.29 is 91.9 Å². The van der Waals surface area contributed by atoms with Crippen LogP contribution in [0.1, 0.15) is 44.7 Å². The van der Waals surface area contributed by atoms with Gasteiger partial charge in [0, 0.05) is 41.4 Å². The Labute approximate surface area is 391 Å². The van der Waals surface area contributed by atoms with Gasteiger partial charge in [-0.1, -0.05) is 30.4 Å². The molecule has 1 atom stereocenters. The average molecular weight is 1060 g/mol. The summed E-state index contributed by atoms with van der Waals surface area (Å²) in [4.78, 5) is 9.89. The number of nitrogens with zero attached hydrogens (tertiary/aromatic N) is 2. The molecule has 6 N–H and O–H groups in total. The van der Waals surface area contributed by atoms with Gasteiger partial charge in [-0.05, 0) is 91.4 Å². The molecular formula is C40H43N2O20S6+. The van der Waals surface area contributed by atoms with E-state index in [1.54, 1.807) is 19.9 Å². The first-order chi connectivity index (χ1) is 31.1. The molecule has 0 bridgehead atoms. The lowest BCUT2D eigenvalue weighted by atomic mass is 9.79. The Bertz CT molecular complexity index is 3640. The second kappa shape index (κ2) is 18.1. The highest BCUT2D eigenvalue weighted by Gasteiger charge is 2.50. The summed E-state index contributed by atoms with van der Waals surface area (Å²) in [5.41, 5.74) is -2.59. The number of hydrogen-bond donors (Lipinski definition) is 6. The van der Waals surface area contributed by atoms with Gasteiger partial charge in [0.25, 0.3) is 57.1 Å². The Morgan fingerprint density at radius 3 is 1.84 bits per heavy atom. The van der Waals surface area contributed by atoms with Crippen LogP contribution >= 0.6 is 0 Å². The van der Waals surface area contributed by atoms with Crippen LogP contribution in [0.4, 0.5) is 11.4 Å². The van der Waals surface area contributed by atoms with Crippen LogP contribution in [0, 0.1) is 0 Å². The summed E-state index contributed by atoms with van der Waals surface area (Å²) in [6.45, 7) is 4.33. The van der Waals surface area contributed by atoms with Crippen molar-refractivity contribution in [2.24, 2.45) is 0 Å². The van der Waals surface area contributed by atoms with E-state index in [1.165, 1.54) is 65.0 Å². The van der Waals surface area contributed by atoms with Gasteiger partial charge in [0.2, 0.25) is 5.69 Å². The first kappa shape index (κ1) is 52.4. The molecule has 0 saturated heterocycles. The van der Waals surface area contributed by atoms with Crippen molar-refractivity contribution in [2.45, 2.75) is 59.1 Å². The van der Waals surface area contributed by atoms with E-state index in [9.17, 15) is 82.6 Å². The van der Waals surface area contributed by atoms with E-state index in [0.717, 1.165) is 18.2 Å². The van der Waals surface area contributed by atoms with Gasteiger partial charge >= 0.3 is 10.1 Å². The van der Waals surface area contributed by atoms with Crippen molar-refractivity contribution in [3.8, 4) is 5.75 Å². The smallest absolute Gasteiger partial charge is 0.301 e. The molecule has 68 heavy (non-hydrogen) atoms. The molecule has 6 rings (SSSR count). The van der Waals surface area contributed by atoms with Crippen molar-refractivity contribution in [3.63, 3.8) is 0 Å². The fraction of sp³-hybridized carbons (Fsp3) is 0.300. The molecule has 2 aliphatic heterocycles. The molecule has 0 fully saturated rings. The van der Waals surface area contributed by atoms with Gasteiger partial charge in [0.05, 0.1) is 33.0 Å². The topological polar surface area (TPSA) is 359 Å². The summed E-state index contributed by atoms with van der Waals surface area (Å²) in [6, 6.07) is 9.24. The minimum Gasteiger partial charge on any atom is -0.429 e. The molecular weight excluding hydrogens is 1020 g/mol. The van der Waals surface area contributed by atoms with Crippen LogP contribution in [0.3, 0.4) is 0 Å². The predicted octanol–water partition coefficient (Wildman–Crippen LogP) is 3.86. The van der Waals surface area contributed by atoms with Crippen LogP contribution in [-0.4, -0.2) is 125 Å². The number of allylic oxidation sites excluding steroid dienone is 6. The molecule has 0 aromatic heterocycles. The van der Waals surface area contributed by atoms with Crippen molar-refractivity contribution in [2.75, 3.05) is 35.2 Å². The van der Waals surface area contributed by atoms with E-state index in [2.05, 4.69) is 0 Å². The summed E-state index contributed by atoms with van der Waals surface area (Å²) < 4.78 is 215. The van der Waals surface area contributed by atoms with Crippen LogP contribution in [-0.2, 0) is 76.3 Å². The zero-order valence-electron chi connectivity index (χ0n) is 35.8. The van der Waals surface area contributed by atoms with Crippen LogP contribution in [0.5, 0.6) is 5.75 Å². The summed E-state index contributed by atoms with van der Waals surface area (Å²) in [5, 5.41) is 0.0328. The minimum atomic E-state index is -5.24. The summed E-state index contributed by atoms with van der Waals surface area (Å²) >= 11 is 0. The quantitative estimate of drug-likeness (QED) is 0.0356. The largest absolute Gasteiger partial charge is 0.429 e. The van der Waals surface area contributed by atoms with Gasteiger partial charge in [-0.25, -0.2) is 0 Å². The van der Waals surface area contributed by atoms with E-state index in [4.69, 9.17) is 4.74 Å². The zero-order chi connectivity index (χ0) is 50.8. The monoisotopic (exact) mass is 1060 g/mol. The molecule has 0 amide bonds. The van der Waals surface area contributed by atoms with Gasteiger partial charge < -0.3 is 9.64 Å². The van der Waals surface area contributed by atoms with E-state index in [-0.39, 0.29) is 76.9 Å². The highest BCUT2D eigenvalue weighted by molar-refractivity contribution is 7.87. The Balaban J connectivity index is 1.57. The Hall–Kier alpha value is -4.98. The average Bonchev–Trinajstić information content (AvgIpc) is 3.53. The number of ether oxygens (including phenoxy) is 1. The fourth-order valence-corrected chi connectivity index (χ4v) is 13.1. The van der Waals surface area contributed by atoms with Crippen LogP contribution in [0.15, 0.2) is 99.3 Å².